The minimum atomic E-state index is -0.486. The van der Waals surface area contributed by atoms with Gasteiger partial charge in [0, 0.05) is 0 Å². The molecule has 1 aliphatic carbocycles. The molecule has 0 unspecified atom stereocenters. The molecule has 0 atom stereocenters. The molecule has 0 aliphatic heterocycles. The van der Waals surface area contributed by atoms with Gasteiger partial charge in [0.05, 0.1) is 0 Å². The standard InChI is InChI=1S/C7H13F.C2H6/c1-3-7(2)4-6(8)5-7;1-2/h6H,3-5H2,1-2H3;1-2H3. The number of halogens is 1. The molecule has 0 radical (unpaired) electrons. The van der Waals surface area contributed by atoms with Gasteiger partial charge in [0.1, 0.15) is 6.17 Å². The second-order valence-electron chi connectivity index (χ2n) is 3.17. The van der Waals surface area contributed by atoms with Gasteiger partial charge in [0.25, 0.3) is 0 Å². The van der Waals surface area contributed by atoms with E-state index >= 15 is 0 Å². The largest absolute Gasteiger partial charge is 0.247 e. The quantitative estimate of drug-likeness (QED) is 0.530. The number of rotatable bonds is 1. The topological polar surface area (TPSA) is 0 Å². The van der Waals surface area contributed by atoms with Crippen molar-refractivity contribution in [2.75, 3.05) is 0 Å². The van der Waals surface area contributed by atoms with Gasteiger partial charge in [-0.2, -0.15) is 0 Å². The summed E-state index contributed by atoms with van der Waals surface area (Å²) in [6.07, 6.45) is 2.24. The minimum absolute atomic E-state index is 0.361. The molecule has 0 spiro atoms. The molecular formula is C9H19F. The van der Waals surface area contributed by atoms with E-state index in [0.717, 1.165) is 19.3 Å². The normalized spacial score (nSPS) is 37.5. The third-order valence-electron chi connectivity index (χ3n) is 2.28. The first kappa shape index (κ1) is 9.93. The van der Waals surface area contributed by atoms with Crippen LogP contribution >= 0.6 is 0 Å². The summed E-state index contributed by atoms with van der Waals surface area (Å²) in [6, 6.07) is 0. The molecule has 10 heavy (non-hydrogen) atoms. The van der Waals surface area contributed by atoms with Crippen molar-refractivity contribution in [1.82, 2.24) is 0 Å². The summed E-state index contributed by atoms with van der Waals surface area (Å²) in [6.45, 7) is 8.29. The molecule has 1 saturated carbocycles. The summed E-state index contributed by atoms with van der Waals surface area (Å²) < 4.78 is 12.2. The lowest BCUT2D eigenvalue weighted by molar-refractivity contribution is 0.0389. The van der Waals surface area contributed by atoms with Gasteiger partial charge in [-0.05, 0) is 18.3 Å². The van der Waals surface area contributed by atoms with E-state index in [4.69, 9.17) is 0 Å². The lowest BCUT2D eigenvalue weighted by Crippen LogP contribution is -2.34. The van der Waals surface area contributed by atoms with E-state index in [-0.39, 0.29) is 0 Å². The van der Waals surface area contributed by atoms with Gasteiger partial charge in [0.2, 0.25) is 0 Å². The molecule has 1 fully saturated rings. The van der Waals surface area contributed by atoms with Gasteiger partial charge >= 0.3 is 0 Å². The van der Waals surface area contributed by atoms with E-state index in [2.05, 4.69) is 13.8 Å². The Morgan fingerprint density at radius 1 is 1.40 bits per heavy atom. The van der Waals surface area contributed by atoms with Crippen molar-refractivity contribution in [1.29, 1.82) is 0 Å². The molecule has 1 rings (SSSR count). The molecule has 1 heteroatoms. The Balaban J connectivity index is 0.000000371. The van der Waals surface area contributed by atoms with Gasteiger partial charge < -0.3 is 0 Å². The van der Waals surface area contributed by atoms with Crippen LogP contribution in [0.5, 0.6) is 0 Å². The molecule has 0 N–H and O–H groups in total. The lowest BCUT2D eigenvalue weighted by atomic mass is 9.67. The molecule has 0 aromatic heterocycles. The lowest BCUT2D eigenvalue weighted by Gasteiger charge is -2.40. The predicted molar refractivity (Wildman–Crippen MR) is 43.9 cm³/mol. The predicted octanol–water partition coefficient (Wildman–Crippen LogP) is 3.56. The van der Waals surface area contributed by atoms with Gasteiger partial charge in [-0.3, -0.25) is 0 Å². The summed E-state index contributed by atoms with van der Waals surface area (Å²) in [5.41, 5.74) is 0.361. The summed E-state index contributed by atoms with van der Waals surface area (Å²) in [4.78, 5) is 0. The highest BCUT2D eigenvalue weighted by atomic mass is 19.1. The van der Waals surface area contributed by atoms with E-state index in [0.29, 0.717) is 5.41 Å². The first-order valence-corrected chi connectivity index (χ1v) is 4.30. The highest BCUT2D eigenvalue weighted by molar-refractivity contribution is 4.88. The minimum Gasteiger partial charge on any atom is -0.247 e. The Morgan fingerprint density at radius 2 is 1.80 bits per heavy atom. The van der Waals surface area contributed by atoms with Crippen LogP contribution in [0.15, 0.2) is 0 Å². The fourth-order valence-corrected chi connectivity index (χ4v) is 1.30. The van der Waals surface area contributed by atoms with Crippen molar-refractivity contribution in [3.05, 3.63) is 0 Å². The zero-order chi connectivity index (χ0) is 8.20. The molecule has 0 saturated heterocycles. The van der Waals surface area contributed by atoms with Crippen LogP contribution in [0, 0.1) is 5.41 Å². The van der Waals surface area contributed by atoms with Crippen LogP contribution in [0.25, 0.3) is 0 Å². The molecule has 0 aromatic rings. The Labute approximate surface area is 63.8 Å². The smallest absolute Gasteiger partial charge is 0.101 e. The first-order valence-electron chi connectivity index (χ1n) is 4.30. The zero-order valence-electron chi connectivity index (χ0n) is 7.58. The summed E-state index contributed by atoms with van der Waals surface area (Å²) in [5, 5.41) is 0. The molecule has 0 nitrogen and oxygen atoms in total. The first-order chi connectivity index (χ1) is 4.66. The Hall–Kier alpha value is -0.0700. The summed E-state index contributed by atoms with van der Waals surface area (Å²) in [5.74, 6) is 0. The van der Waals surface area contributed by atoms with E-state index < -0.39 is 6.17 Å². The van der Waals surface area contributed by atoms with Crippen LogP contribution in [-0.2, 0) is 0 Å². The molecule has 1 aliphatic rings. The average molecular weight is 146 g/mol. The zero-order valence-corrected chi connectivity index (χ0v) is 7.58. The molecule has 0 bridgehead atoms. The number of hydrogen-bond donors (Lipinski definition) is 0. The molecule has 0 amide bonds. The van der Waals surface area contributed by atoms with Crippen molar-refractivity contribution in [2.24, 2.45) is 5.41 Å². The van der Waals surface area contributed by atoms with Crippen LogP contribution in [0.1, 0.15) is 47.0 Å². The monoisotopic (exact) mass is 146 g/mol. The van der Waals surface area contributed by atoms with Crippen molar-refractivity contribution in [2.45, 2.75) is 53.1 Å². The molecular weight excluding hydrogens is 127 g/mol. The van der Waals surface area contributed by atoms with Crippen LogP contribution in [-0.4, -0.2) is 6.17 Å². The molecule has 0 heterocycles. The second kappa shape index (κ2) is 3.95. The van der Waals surface area contributed by atoms with Crippen molar-refractivity contribution in [3.8, 4) is 0 Å². The third-order valence-corrected chi connectivity index (χ3v) is 2.28. The molecule has 62 valence electrons. The van der Waals surface area contributed by atoms with Gasteiger partial charge in [0.15, 0.2) is 0 Å². The van der Waals surface area contributed by atoms with Gasteiger partial charge in [-0.1, -0.05) is 34.1 Å². The van der Waals surface area contributed by atoms with Crippen LogP contribution in [0.3, 0.4) is 0 Å². The fraction of sp³-hybridized carbons (Fsp3) is 1.00. The maximum absolute atomic E-state index is 12.2. The highest BCUT2D eigenvalue weighted by Crippen LogP contribution is 2.44. The Bertz CT molecular complexity index is 82.7. The SMILES string of the molecule is CC.CCC1(C)CC(F)C1. The van der Waals surface area contributed by atoms with Gasteiger partial charge in [-0.15, -0.1) is 0 Å². The van der Waals surface area contributed by atoms with E-state index in [1.807, 2.05) is 13.8 Å². The highest BCUT2D eigenvalue weighted by Gasteiger charge is 2.38. The van der Waals surface area contributed by atoms with Gasteiger partial charge in [-0.25, -0.2) is 4.39 Å². The summed E-state index contributed by atoms with van der Waals surface area (Å²) >= 11 is 0. The maximum atomic E-state index is 12.2. The number of alkyl halides is 1. The van der Waals surface area contributed by atoms with Crippen molar-refractivity contribution < 1.29 is 4.39 Å². The average Bonchev–Trinajstić information content (AvgIpc) is 1.90. The maximum Gasteiger partial charge on any atom is 0.101 e. The van der Waals surface area contributed by atoms with Crippen LogP contribution in [0.4, 0.5) is 4.39 Å². The Kier molecular flexibility index (Phi) is 3.92. The van der Waals surface area contributed by atoms with Crippen molar-refractivity contribution in [3.63, 3.8) is 0 Å². The second-order valence-corrected chi connectivity index (χ2v) is 3.17. The summed E-state index contributed by atoms with van der Waals surface area (Å²) in [7, 11) is 0. The molecule has 0 aromatic carbocycles. The van der Waals surface area contributed by atoms with E-state index in [1.54, 1.807) is 0 Å². The van der Waals surface area contributed by atoms with Crippen molar-refractivity contribution >= 4 is 0 Å². The van der Waals surface area contributed by atoms with E-state index in [9.17, 15) is 4.39 Å². The fourth-order valence-electron chi connectivity index (χ4n) is 1.30. The third kappa shape index (κ3) is 2.28. The Morgan fingerprint density at radius 3 is 1.90 bits per heavy atom. The van der Waals surface area contributed by atoms with E-state index in [1.165, 1.54) is 0 Å². The van der Waals surface area contributed by atoms with Crippen LogP contribution in [0.2, 0.25) is 0 Å². The number of hydrogen-bond acceptors (Lipinski definition) is 0. The van der Waals surface area contributed by atoms with Crippen LogP contribution < -0.4 is 0 Å².